The molecule has 5 rings (SSSR count). The number of amides is 2. The molecule has 2 amide bonds. The minimum Gasteiger partial charge on any atom is -0.488 e. The lowest BCUT2D eigenvalue weighted by atomic mass is 9.99. The molecule has 1 aromatic heterocycles. The van der Waals surface area contributed by atoms with Crippen molar-refractivity contribution in [2.24, 2.45) is 5.92 Å². The fourth-order valence-electron chi connectivity index (χ4n) is 5.09. The normalized spacial score (nSPS) is 17.3. The summed E-state index contributed by atoms with van der Waals surface area (Å²) in [7, 11) is 2.03. The molecule has 3 aromatic carbocycles. The van der Waals surface area contributed by atoms with Gasteiger partial charge in [-0.15, -0.1) is 5.10 Å². The molecule has 4 aromatic rings. The van der Waals surface area contributed by atoms with E-state index >= 15 is 0 Å². The zero-order valence-electron chi connectivity index (χ0n) is 25.0. The number of benzene rings is 3. The first kappa shape index (κ1) is 30.6. The number of tetrazole rings is 1. The number of aromatic nitrogens is 4. The molecule has 0 unspecified atom stereocenters. The number of carbonyl (C=O) groups is 2. The van der Waals surface area contributed by atoms with Crippen LogP contribution in [-0.4, -0.2) is 85.8 Å². The average Bonchev–Trinajstić information content (AvgIpc) is 3.53. The second-order valence-electron chi connectivity index (χ2n) is 11.1. The van der Waals surface area contributed by atoms with Crippen molar-refractivity contribution in [2.45, 2.75) is 39.1 Å². The molecule has 0 radical (unpaired) electrons. The van der Waals surface area contributed by atoms with Gasteiger partial charge in [0.2, 0.25) is 5.91 Å². The molecule has 2 heterocycles. The lowest BCUT2D eigenvalue weighted by Gasteiger charge is -2.38. The SMILES string of the molecule is C[C@@H]1CN([C@@H](C)CO)C(=O)c2cc(NC(=O)Cn3cnnn3)ccc2O[C@@H]1CN(C)Cc1ccc(Oc2ccccc2)cc1. The van der Waals surface area contributed by atoms with Gasteiger partial charge in [-0.05, 0) is 72.4 Å². The van der Waals surface area contributed by atoms with Crippen LogP contribution in [0.3, 0.4) is 0 Å². The molecule has 0 aliphatic carbocycles. The number of aliphatic hydroxyl groups is 1. The number of likely N-dealkylation sites (N-methyl/N-ethyl adjacent to an activating group) is 1. The number of nitrogens with one attached hydrogen (secondary N) is 1. The maximum atomic E-state index is 13.7. The molecule has 12 heteroatoms. The Morgan fingerprint density at radius 3 is 2.59 bits per heavy atom. The number of carbonyl (C=O) groups excluding carboxylic acids is 2. The molecule has 0 saturated heterocycles. The predicted octanol–water partition coefficient (Wildman–Crippen LogP) is 3.46. The number of fused-ring (bicyclic) bond motifs is 1. The highest BCUT2D eigenvalue weighted by atomic mass is 16.5. The van der Waals surface area contributed by atoms with Gasteiger partial charge in [-0.25, -0.2) is 4.68 Å². The molecule has 44 heavy (non-hydrogen) atoms. The molecule has 12 nitrogen and oxygen atoms in total. The van der Waals surface area contributed by atoms with E-state index in [4.69, 9.17) is 9.47 Å². The fourth-order valence-corrected chi connectivity index (χ4v) is 5.09. The van der Waals surface area contributed by atoms with Gasteiger partial charge in [0.15, 0.2) is 0 Å². The second kappa shape index (κ2) is 14.1. The van der Waals surface area contributed by atoms with Crippen LogP contribution in [0.25, 0.3) is 0 Å². The third kappa shape index (κ3) is 7.77. The van der Waals surface area contributed by atoms with Crippen molar-refractivity contribution in [3.8, 4) is 17.2 Å². The van der Waals surface area contributed by atoms with Gasteiger partial charge in [0.25, 0.3) is 5.91 Å². The van der Waals surface area contributed by atoms with Gasteiger partial charge in [0.1, 0.15) is 36.2 Å². The number of anilines is 1. The monoisotopic (exact) mass is 599 g/mol. The Balaban J connectivity index is 1.29. The van der Waals surface area contributed by atoms with Gasteiger partial charge in [-0.2, -0.15) is 0 Å². The highest BCUT2D eigenvalue weighted by Gasteiger charge is 2.33. The van der Waals surface area contributed by atoms with E-state index in [1.807, 2.05) is 68.6 Å². The summed E-state index contributed by atoms with van der Waals surface area (Å²) in [5, 5.41) is 23.5. The first-order valence-corrected chi connectivity index (χ1v) is 14.5. The first-order valence-electron chi connectivity index (χ1n) is 14.5. The molecule has 0 spiro atoms. The third-order valence-electron chi connectivity index (χ3n) is 7.49. The third-order valence-corrected chi connectivity index (χ3v) is 7.49. The summed E-state index contributed by atoms with van der Waals surface area (Å²) in [5.41, 5.74) is 1.89. The lowest BCUT2D eigenvalue weighted by molar-refractivity contribution is -0.116. The highest BCUT2D eigenvalue weighted by molar-refractivity contribution is 5.99. The number of aliphatic hydroxyl groups excluding tert-OH is 1. The quantitative estimate of drug-likeness (QED) is 0.266. The van der Waals surface area contributed by atoms with Crippen LogP contribution >= 0.6 is 0 Å². The van der Waals surface area contributed by atoms with Gasteiger partial charge in [0, 0.05) is 31.2 Å². The van der Waals surface area contributed by atoms with E-state index in [1.165, 1.54) is 11.0 Å². The largest absolute Gasteiger partial charge is 0.488 e. The van der Waals surface area contributed by atoms with E-state index in [9.17, 15) is 14.7 Å². The summed E-state index contributed by atoms with van der Waals surface area (Å²) in [6, 6.07) is 22.3. The summed E-state index contributed by atoms with van der Waals surface area (Å²) in [6.45, 7) is 5.31. The van der Waals surface area contributed by atoms with Gasteiger partial charge in [-0.1, -0.05) is 37.3 Å². The smallest absolute Gasteiger partial charge is 0.258 e. The molecular formula is C32H37N7O5. The van der Waals surface area contributed by atoms with Crippen molar-refractivity contribution in [3.05, 3.63) is 90.3 Å². The Labute approximate surface area is 256 Å². The van der Waals surface area contributed by atoms with Crippen LogP contribution in [0.4, 0.5) is 5.69 Å². The first-order chi connectivity index (χ1) is 21.3. The zero-order chi connectivity index (χ0) is 31.1. The van der Waals surface area contributed by atoms with E-state index < -0.39 is 6.04 Å². The Morgan fingerprint density at radius 1 is 1.14 bits per heavy atom. The Bertz CT molecular complexity index is 1530. The zero-order valence-corrected chi connectivity index (χ0v) is 25.0. The molecule has 1 aliphatic heterocycles. The van der Waals surface area contributed by atoms with E-state index in [-0.39, 0.29) is 37.0 Å². The molecule has 0 bridgehead atoms. The van der Waals surface area contributed by atoms with Crippen molar-refractivity contribution in [1.29, 1.82) is 0 Å². The maximum Gasteiger partial charge on any atom is 0.258 e. The van der Waals surface area contributed by atoms with Crippen molar-refractivity contribution < 1.29 is 24.2 Å². The van der Waals surface area contributed by atoms with E-state index in [0.717, 1.165) is 17.1 Å². The number of para-hydroxylation sites is 1. The van der Waals surface area contributed by atoms with E-state index in [2.05, 4.69) is 32.7 Å². The molecule has 230 valence electrons. The number of hydrogen-bond donors (Lipinski definition) is 2. The van der Waals surface area contributed by atoms with Crippen LogP contribution in [-0.2, 0) is 17.9 Å². The van der Waals surface area contributed by atoms with E-state index in [0.29, 0.717) is 36.6 Å². The Kier molecular flexibility index (Phi) is 9.82. The van der Waals surface area contributed by atoms with E-state index in [1.54, 1.807) is 23.1 Å². The van der Waals surface area contributed by atoms with Crippen LogP contribution in [0.1, 0.15) is 29.8 Å². The summed E-state index contributed by atoms with van der Waals surface area (Å²) >= 11 is 0. The van der Waals surface area contributed by atoms with Crippen LogP contribution in [0.2, 0.25) is 0 Å². The topological polar surface area (TPSA) is 135 Å². The van der Waals surface area contributed by atoms with Crippen LogP contribution < -0.4 is 14.8 Å². The Hall–Kier alpha value is -4.81. The van der Waals surface area contributed by atoms with Gasteiger partial charge in [0.05, 0.1) is 18.2 Å². The number of ether oxygens (including phenoxy) is 2. The molecule has 3 atom stereocenters. The minimum atomic E-state index is -0.399. The minimum absolute atomic E-state index is 0.0270. The fraction of sp³-hybridized carbons (Fsp3) is 0.344. The van der Waals surface area contributed by atoms with Crippen molar-refractivity contribution in [1.82, 2.24) is 30.0 Å². The van der Waals surface area contributed by atoms with Crippen LogP contribution in [0.5, 0.6) is 17.2 Å². The van der Waals surface area contributed by atoms with Crippen molar-refractivity contribution >= 4 is 17.5 Å². The number of nitrogens with zero attached hydrogens (tertiary/aromatic N) is 6. The van der Waals surface area contributed by atoms with Crippen molar-refractivity contribution in [2.75, 3.05) is 32.1 Å². The average molecular weight is 600 g/mol. The summed E-state index contributed by atoms with van der Waals surface area (Å²) in [4.78, 5) is 30.1. The Morgan fingerprint density at radius 2 is 1.89 bits per heavy atom. The molecule has 2 N–H and O–H groups in total. The van der Waals surface area contributed by atoms with Gasteiger partial charge < -0.3 is 24.8 Å². The molecular weight excluding hydrogens is 562 g/mol. The lowest BCUT2D eigenvalue weighted by Crippen LogP contribution is -2.49. The van der Waals surface area contributed by atoms with Crippen LogP contribution in [0, 0.1) is 5.92 Å². The molecule has 0 saturated carbocycles. The van der Waals surface area contributed by atoms with Crippen molar-refractivity contribution in [3.63, 3.8) is 0 Å². The standard InChI is InChI=1S/C32H37N7O5/c1-22-16-39(23(2)20-40)32(42)28-15-25(34-31(41)19-38-21-33-35-36-38)11-14-29(28)44-30(22)18-37(3)17-24-9-12-27(13-10-24)43-26-7-5-4-6-8-26/h4-15,21-23,30,40H,16-20H2,1-3H3,(H,34,41)/t22-,23+,30-/m1/s1. The highest BCUT2D eigenvalue weighted by Crippen LogP contribution is 2.31. The van der Waals surface area contributed by atoms with Gasteiger partial charge >= 0.3 is 0 Å². The summed E-state index contributed by atoms with van der Waals surface area (Å²) < 4.78 is 13.7. The maximum absolute atomic E-state index is 13.7. The second-order valence-corrected chi connectivity index (χ2v) is 11.1. The number of rotatable bonds is 11. The summed E-state index contributed by atoms with van der Waals surface area (Å²) in [6.07, 6.45) is 1.10. The molecule has 1 aliphatic rings. The van der Waals surface area contributed by atoms with Gasteiger partial charge in [-0.3, -0.25) is 14.5 Å². The number of hydrogen-bond acceptors (Lipinski definition) is 9. The summed E-state index contributed by atoms with van der Waals surface area (Å²) in [5.74, 6) is 1.34. The molecule has 0 fully saturated rings. The van der Waals surface area contributed by atoms with Crippen LogP contribution in [0.15, 0.2) is 79.1 Å². The predicted molar refractivity (Wildman–Crippen MR) is 163 cm³/mol.